The monoisotopic (exact) mass is 293 g/mol. The number of nitrogens with zero attached hydrogens (tertiary/aromatic N) is 1. The number of rotatable bonds is 4. The van der Waals surface area contributed by atoms with Crippen LogP contribution in [0.1, 0.15) is 68.6 Å². The van der Waals surface area contributed by atoms with Gasteiger partial charge in [-0.05, 0) is 31.7 Å². The molecule has 0 radical (unpaired) electrons. The van der Waals surface area contributed by atoms with E-state index in [1.807, 2.05) is 20.8 Å². The maximum absolute atomic E-state index is 12.3. The van der Waals surface area contributed by atoms with E-state index in [-0.39, 0.29) is 11.8 Å². The second-order valence-corrected chi connectivity index (χ2v) is 6.37. The molecule has 1 saturated carbocycles. The Balaban J connectivity index is 2.14. The lowest BCUT2D eigenvalue weighted by Crippen LogP contribution is -2.55. The zero-order chi connectivity index (χ0) is 15.6. The summed E-state index contributed by atoms with van der Waals surface area (Å²) in [6.07, 6.45) is 3.10. The van der Waals surface area contributed by atoms with Crippen LogP contribution in [0.25, 0.3) is 0 Å². The molecule has 1 aliphatic carbocycles. The number of hydrogen-bond donors (Lipinski definition) is 3. The Labute approximate surface area is 124 Å². The predicted molar refractivity (Wildman–Crippen MR) is 78.1 cm³/mol. The van der Waals surface area contributed by atoms with Crippen molar-refractivity contribution in [2.45, 2.75) is 57.9 Å². The average molecular weight is 293 g/mol. The van der Waals surface area contributed by atoms with Gasteiger partial charge in [-0.1, -0.05) is 26.7 Å². The van der Waals surface area contributed by atoms with Gasteiger partial charge in [0.1, 0.15) is 5.69 Å². The normalized spacial score (nSPS) is 25.8. The Morgan fingerprint density at radius 3 is 2.76 bits per heavy atom. The zero-order valence-corrected chi connectivity index (χ0v) is 12.8. The van der Waals surface area contributed by atoms with E-state index in [2.05, 4.69) is 15.5 Å². The average Bonchev–Trinajstić information content (AvgIpc) is 2.88. The molecule has 2 rings (SSSR count). The van der Waals surface area contributed by atoms with Gasteiger partial charge >= 0.3 is 5.97 Å². The number of hydrogen-bond acceptors (Lipinski definition) is 3. The van der Waals surface area contributed by atoms with Gasteiger partial charge in [-0.2, -0.15) is 5.10 Å². The van der Waals surface area contributed by atoms with Crippen LogP contribution in [0.5, 0.6) is 0 Å². The Bertz CT molecular complexity index is 538. The number of carboxylic acid groups (broad SMARTS) is 1. The highest BCUT2D eigenvalue weighted by atomic mass is 16.4. The molecule has 1 aromatic heterocycles. The minimum absolute atomic E-state index is 0.260. The fourth-order valence-corrected chi connectivity index (χ4v) is 2.95. The molecule has 6 heteroatoms. The van der Waals surface area contributed by atoms with Gasteiger partial charge in [0.15, 0.2) is 0 Å². The van der Waals surface area contributed by atoms with Crippen LogP contribution in [0.2, 0.25) is 0 Å². The fraction of sp³-hybridized carbons (Fsp3) is 0.667. The number of amides is 1. The van der Waals surface area contributed by atoms with Crippen LogP contribution in [0.15, 0.2) is 6.07 Å². The highest BCUT2D eigenvalue weighted by Gasteiger charge is 2.42. The van der Waals surface area contributed by atoms with Gasteiger partial charge in [0.2, 0.25) is 0 Å². The molecule has 0 bridgehead atoms. The van der Waals surface area contributed by atoms with Gasteiger partial charge in [0, 0.05) is 5.69 Å². The van der Waals surface area contributed by atoms with Gasteiger partial charge in [0.25, 0.3) is 5.91 Å². The van der Waals surface area contributed by atoms with Crippen molar-refractivity contribution in [2.24, 2.45) is 5.92 Å². The third kappa shape index (κ3) is 3.25. The lowest BCUT2D eigenvalue weighted by Gasteiger charge is -2.39. The van der Waals surface area contributed by atoms with E-state index in [0.29, 0.717) is 18.5 Å². The van der Waals surface area contributed by atoms with Crippen molar-refractivity contribution in [1.82, 2.24) is 15.5 Å². The molecule has 1 amide bonds. The largest absolute Gasteiger partial charge is 0.481 e. The van der Waals surface area contributed by atoms with E-state index in [0.717, 1.165) is 18.5 Å². The van der Waals surface area contributed by atoms with Crippen molar-refractivity contribution in [3.05, 3.63) is 17.5 Å². The first-order valence-electron chi connectivity index (χ1n) is 7.44. The minimum atomic E-state index is -0.845. The number of carbonyl (C=O) groups excluding carboxylic acids is 1. The standard InChI is InChI=1S/C15H23N3O3/c1-9(2)11-8-12(18-17-11)13(19)16-15(3)7-5-4-6-10(15)14(20)21/h8-10H,4-7H2,1-3H3,(H,16,19)(H,17,18)(H,20,21). The highest BCUT2D eigenvalue weighted by molar-refractivity contribution is 5.93. The van der Waals surface area contributed by atoms with Crippen LogP contribution in [-0.2, 0) is 4.79 Å². The van der Waals surface area contributed by atoms with E-state index >= 15 is 0 Å². The molecule has 116 valence electrons. The van der Waals surface area contributed by atoms with Crippen molar-refractivity contribution >= 4 is 11.9 Å². The molecular weight excluding hydrogens is 270 g/mol. The van der Waals surface area contributed by atoms with E-state index < -0.39 is 17.4 Å². The van der Waals surface area contributed by atoms with Crippen LogP contribution in [-0.4, -0.2) is 32.7 Å². The van der Waals surface area contributed by atoms with Crippen molar-refractivity contribution < 1.29 is 14.7 Å². The number of carbonyl (C=O) groups is 2. The van der Waals surface area contributed by atoms with Crippen LogP contribution in [0.4, 0.5) is 0 Å². The second kappa shape index (κ2) is 5.87. The number of aromatic amines is 1. The van der Waals surface area contributed by atoms with E-state index in [1.165, 1.54) is 0 Å². The molecule has 1 fully saturated rings. The molecule has 0 aromatic carbocycles. The predicted octanol–water partition coefficient (Wildman–Crippen LogP) is 2.30. The third-order valence-electron chi connectivity index (χ3n) is 4.36. The summed E-state index contributed by atoms with van der Waals surface area (Å²) >= 11 is 0. The van der Waals surface area contributed by atoms with Gasteiger partial charge in [-0.15, -0.1) is 0 Å². The molecule has 1 aliphatic rings. The number of nitrogens with one attached hydrogen (secondary N) is 2. The molecule has 2 atom stereocenters. The van der Waals surface area contributed by atoms with Crippen molar-refractivity contribution in [3.8, 4) is 0 Å². The summed E-state index contributed by atoms with van der Waals surface area (Å²) in [5.74, 6) is -1.44. The van der Waals surface area contributed by atoms with Gasteiger partial charge in [-0.3, -0.25) is 14.7 Å². The smallest absolute Gasteiger partial charge is 0.308 e. The Morgan fingerprint density at radius 2 is 2.19 bits per heavy atom. The van der Waals surface area contributed by atoms with Gasteiger partial charge in [-0.25, -0.2) is 0 Å². The molecule has 0 saturated heterocycles. The van der Waals surface area contributed by atoms with Crippen molar-refractivity contribution in [3.63, 3.8) is 0 Å². The molecule has 0 spiro atoms. The number of aromatic nitrogens is 2. The zero-order valence-electron chi connectivity index (χ0n) is 12.8. The molecule has 1 heterocycles. The summed E-state index contributed by atoms with van der Waals surface area (Å²) in [5.41, 5.74) is 0.497. The fourth-order valence-electron chi connectivity index (χ4n) is 2.95. The molecular formula is C15H23N3O3. The Hall–Kier alpha value is -1.85. The first-order chi connectivity index (χ1) is 9.83. The minimum Gasteiger partial charge on any atom is -0.481 e. The first-order valence-corrected chi connectivity index (χ1v) is 7.44. The lowest BCUT2D eigenvalue weighted by atomic mass is 9.74. The molecule has 2 unspecified atom stereocenters. The van der Waals surface area contributed by atoms with E-state index in [9.17, 15) is 14.7 Å². The van der Waals surface area contributed by atoms with E-state index in [4.69, 9.17) is 0 Å². The SMILES string of the molecule is CC(C)c1cc(C(=O)NC2(C)CCCCC2C(=O)O)n[nH]1. The number of carboxylic acids is 1. The maximum Gasteiger partial charge on any atom is 0.308 e. The summed E-state index contributed by atoms with van der Waals surface area (Å²) < 4.78 is 0. The van der Waals surface area contributed by atoms with Crippen molar-refractivity contribution in [2.75, 3.05) is 0 Å². The summed E-state index contributed by atoms with van der Waals surface area (Å²) in [7, 11) is 0. The third-order valence-corrected chi connectivity index (χ3v) is 4.36. The molecule has 21 heavy (non-hydrogen) atoms. The van der Waals surface area contributed by atoms with Crippen LogP contribution in [0, 0.1) is 5.92 Å². The van der Waals surface area contributed by atoms with E-state index in [1.54, 1.807) is 6.07 Å². The van der Waals surface area contributed by atoms with Crippen LogP contribution in [0.3, 0.4) is 0 Å². The maximum atomic E-state index is 12.3. The number of aliphatic carboxylic acids is 1. The number of H-pyrrole nitrogens is 1. The summed E-state index contributed by atoms with van der Waals surface area (Å²) in [6, 6.07) is 1.72. The van der Waals surface area contributed by atoms with Gasteiger partial charge < -0.3 is 10.4 Å². The Kier molecular flexibility index (Phi) is 4.34. The first kappa shape index (κ1) is 15.5. The molecule has 1 aromatic rings. The highest BCUT2D eigenvalue weighted by Crippen LogP contribution is 2.34. The molecule has 3 N–H and O–H groups in total. The second-order valence-electron chi connectivity index (χ2n) is 6.37. The van der Waals surface area contributed by atoms with Crippen LogP contribution >= 0.6 is 0 Å². The summed E-state index contributed by atoms with van der Waals surface area (Å²) in [4.78, 5) is 23.7. The molecule has 6 nitrogen and oxygen atoms in total. The van der Waals surface area contributed by atoms with Crippen LogP contribution < -0.4 is 5.32 Å². The summed E-state index contributed by atoms with van der Waals surface area (Å²) in [6.45, 7) is 5.84. The summed E-state index contributed by atoms with van der Waals surface area (Å²) in [5, 5.41) is 19.1. The van der Waals surface area contributed by atoms with Crippen molar-refractivity contribution in [1.29, 1.82) is 0 Å². The lowest BCUT2D eigenvalue weighted by molar-refractivity contribution is -0.145. The topological polar surface area (TPSA) is 95.1 Å². The molecule has 0 aliphatic heterocycles. The Morgan fingerprint density at radius 1 is 1.48 bits per heavy atom. The quantitative estimate of drug-likeness (QED) is 0.793. The van der Waals surface area contributed by atoms with Gasteiger partial charge in [0.05, 0.1) is 11.5 Å².